The van der Waals surface area contributed by atoms with Crippen LogP contribution in [0.3, 0.4) is 0 Å². The Hall–Kier alpha value is -0.910. The molecule has 0 spiro atoms. The van der Waals surface area contributed by atoms with Gasteiger partial charge in [-0.1, -0.05) is 6.58 Å². The molecule has 0 aliphatic carbocycles. The van der Waals surface area contributed by atoms with Gasteiger partial charge in [-0.2, -0.15) is 0 Å². The molecular formula is C12H22O5. The highest BCUT2D eigenvalue weighted by Gasteiger charge is 2.01. The van der Waals surface area contributed by atoms with Crippen molar-refractivity contribution in [3.63, 3.8) is 0 Å². The third-order valence-corrected chi connectivity index (χ3v) is 1.76. The zero-order valence-electron chi connectivity index (χ0n) is 10.7. The molecule has 5 nitrogen and oxygen atoms in total. The van der Waals surface area contributed by atoms with Gasteiger partial charge in [0, 0.05) is 12.2 Å². The lowest BCUT2D eigenvalue weighted by Gasteiger charge is -2.06. The van der Waals surface area contributed by atoms with Crippen molar-refractivity contribution in [2.24, 2.45) is 0 Å². The minimum atomic E-state index is -0.387. The minimum absolute atomic E-state index is 0.241. The number of carbonyl (C=O) groups is 1. The van der Waals surface area contributed by atoms with Crippen LogP contribution in [0, 0.1) is 0 Å². The molecule has 100 valence electrons. The van der Waals surface area contributed by atoms with Gasteiger partial charge in [0.25, 0.3) is 0 Å². The maximum atomic E-state index is 11.0. The quantitative estimate of drug-likeness (QED) is 0.311. The first-order chi connectivity index (χ1) is 8.18. The maximum Gasteiger partial charge on any atom is 0.333 e. The molecule has 0 aliphatic heterocycles. The van der Waals surface area contributed by atoms with Gasteiger partial charge in [0.15, 0.2) is 0 Å². The van der Waals surface area contributed by atoms with Crippen molar-refractivity contribution in [1.82, 2.24) is 0 Å². The van der Waals surface area contributed by atoms with E-state index in [9.17, 15) is 4.79 Å². The molecule has 5 heteroatoms. The van der Waals surface area contributed by atoms with E-state index in [1.165, 1.54) is 0 Å². The van der Waals surface area contributed by atoms with Crippen LogP contribution in [-0.2, 0) is 23.7 Å². The van der Waals surface area contributed by atoms with E-state index in [1.54, 1.807) is 6.92 Å². The molecule has 0 heterocycles. The molecule has 0 bridgehead atoms. The third kappa shape index (κ3) is 11.4. The highest BCUT2D eigenvalue weighted by molar-refractivity contribution is 5.86. The Labute approximate surface area is 103 Å². The lowest BCUT2D eigenvalue weighted by molar-refractivity contribution is -0.140. The molecule has 17 heavy (non-hydrogen) atoms. The summed E-state index contributed by atoms with van der Waals surface area (Å²) in [5, 5.41) is 0. The molecule has 0 radical (unpaired) electrons. The summed E-state index contributed by atoms with van der Waals surface area (Å²) >= 11 is 0. The van der Waals surface area contributed by atoms with Gasteiger partial charge in [0.2, 0.25) is 0 Å². The van der Waals surface area contributed by atoms with E-state index >= 15 is 0 Å². The normalized spacial score (nSPS) is 10.2. The smallest absolute Gasteiger partial charge is 0.333 e. The maximum absolute atomic E-state index is 11.0. The van der Waals surface area contributed by atoms with Crippen molar-refractivity contribution in [3.8, 4) is 0 Å². The molecule has 0 rings (SSSR count). The fraction of sp³-hybridized carbons (Fsp3) is 0.750. The van der Waals surface area contributed by atoms with E-state index in [-0.39, 0.29) is 12.6 Å². The first-order valence-electron chi connectivity index (χ1n) is 5.74. The summed E-state index contributed by atoms with van der Waals surface area (Å²) < 4.78 is 20.4. The van der Waals surface area contributed by atoms with Crippen LogP contribution < -0.4 is 0 Å². The Balaban J connectivity index is 3.08. The highest BCUT2D eigenvalue weighted by atomic mass is 16.6. The molecule has 0 unspecified atom stereocenters. The molecule has 0 saturated heterocycles. The van der Waals surface area contributed by atoms with Gasteiger partial charge in [0.1, 0.15) is 6.61 Å². The largest absolute Gasteiger partial charge is 0.460 e. The third-order valence-electron chi connectivity index (χ3n) is 1.76. The van der Waals surface area contributed by atoms with Crippen LogP contribution in [-0.4, -0.2) is 52.2 Å². The molecular weight excluding hydrogens is 224 g/mol. The summed E-state index contributed by atoms with van der Waals surface area (Å²) in [6.07, 6.45) is 0. The van der Waals surface area contributed by atoms with Crippen LogP contribution in [0.1, 0.15) is 13.8 Å². The van der Waals surface area contributed by atoms with Crippen molar-refractivity contribution in [3.05, 3.63) is 12.2 Å². The van der Waals surface area contributed by atoms with Crippen molar-refractivity contribution in [2.75, 3.05) is 46.2 Å². The van der Waals surface area contributed by atoms with Crippen LogP contribution in [0.25, 0.3) is 0 Å². The minimum Gasteiger partial charge on any atom is -0.460 e. The summed E-state index contributed by atoms with van der Waals surface area (Å²) in [5.41, 5.74) is 0.393. The van der Waals surface area contributed by atoms with Crippen LogP contribution in [0.15, 0.2) is 12.2 Å². The van der Waals surface area contributed by atoms with Gasteiger partial charge < -0.3 is 18.9 Å². The van der Waals surface area contributed by atoms with Gasteiger partial charge >= 0.3 is 5.97 Å². The Morgan fingerprint density at radius 2 is 1.41 bits per heavy atom. The number of hydrogen-bond donors (Lipinski definition) is 0. The predicted octanol–water partition coefficient (Wildman–Crippen LogP) is 1.18. The summed E-state index contributed by atoms with van der Waals surface area (Å²) in [5.74, 6) is -0.387. The van der Waals surface area contributed by atoms with Gasteiger partial charge in [-0.3, -0.25) is 0 Å². The monoisotopic (exact) mass is 246 g/mol. The summed E-state index contributed by atoms with van der Waals surface area (Å²) in [7, 11) is 0. The zero-order valence-corrected chi connectivity index (χ0v) is 10.7. The Morgan fingerprint density at radius 1 is 0.941 bits per heavy atom. The highest BCUT2D eigenvalue weighted by Crippen LogP contribution is 1.91. The second-order valence-corrected chi connectivity index (χ2v) is 3.34. The molecule has 0 aromatic rings. The van der Waals surface area contributed by atoms with Crippen LogP contribution in [0.2, 0.25) is 0 Å². The number of rotatable bonds is 11. The van der Waals surface area contributed by atoms with E-state index in [1.807, 2.05) is 6.92 Å². The van der Waals surface area contributed by atoms with E-state index < -0.39 is 0 Å². The molecule has 0 aromatic heterocycles. The molecule has 0 atom stereocenters. The molecule has 0 saturated carbocycles. The Morgan fingerprint density at radius 3 is 1.88 bits per heavy atom. The van der Waals surface area contributed by atoms with E-state index in [4.69, 9.17) is 18.9 Å². The van der Waals surface area contributed by atoms with Crippen molar-refractivity contribution < 1.29 is 23.7 Å². The van der Waals surface area contributed by atoms with E-state index in [0.717, 1.165) is 0 Å². The van der Waals surface area contributed by atoms with Crippen LogP contribution in [0.5, 0.6) is 0 Å². The summed E-state index contributed by atoms with van der Waals surface area (Å²) in [4.78, 5) is 11.0. The lowest BCUT2D eigenvalue weighted by atomic mass is 10.4. The van der Waals surface area contributed by atoms with Crippen molar-refractivity contribution in [2.45, 2.75) is 13.8 Å². The second-order valence-electron chi connectivity index (χ2n) is 3.34. The van der Waals surface area contributed by atoms with E-state index in [2.05, 4.69) is 6.58 Å². The molecule has 0 amide bonds. The van der Waals surface area contributed by atoms with E-state index in [0.29, 0.717) is 45.2 Å². The second kappa shape index (κ2) is 11.6. The predicted molar refractivity (Wildman–Crippen MR) is 63.9 cm³/mol. The SMILES string of the molecule is C=C(C)C(=O)OCCOCCOCCOCC. The number of esters is 1. The topological polar surface area (TPSA) is 54.0 Å². The van der Waals surface area contributed by atoms with Gasteiger partial charge in [-0.15, -0.1) is 0 Å². The molecule has 0 aromatic carbocycles. The number of ether oxygens (including phenoxy) is 4. The number of carbonyl (C=O) groups excluding carboxylic acids is 1. The van der Waals surface area contributed by atoms with Crippen LogP contribution >= 0.6 is 0 Å². The zero-order chi connectivity index (χ0) is 12.9. The fourth-order valence-corrected chi connectivity index (χ4v) is 0.901. The first kappa shape index (κ1) is 16.1. The molecule has 0 N–H and O–H groups in total. The summed E-state index contributed by atoms with van der Waals surface area (Å²) in [6, 6.07) is 0. The molecule has 0 fully saturated rings. The average Bonchev–Trinajstić information content (AvgIpc) is 2.31. The Bertz CT molecular complexity index is 215. The van der Waals surface area contributed by atoms with Gasteiger partial charge in [-0.25, -0.2) is 4.79 Å². The fourth-order valence-electron chi connectivity index (χ4n) is 0.901. The molecule has 0 aliphatic rings. The number of hydrogen-bond acceptors (Lipinski definition) is 5. The van der Waals surface area contributed by atoms with Gasteiger partial charge in [-0.05, 0) is 13.8 Å². The summed E-state index contributed by atoms with van der Waals surface area (Å²) in [6.45, 7) is 10.5. The van der Waals surface area contributed by atoms with Crippen molar-refractivity contribution >= 4 is 5.97 Å². The average molecular weight is 246 g/mol. The Kier molecular flexibility index (Phi) is 11.0. The van der Waals surface area contributed by atoms with Gasteiger partial charge in [0.05, 0.1) is 33.0 Å². The first-order valence-corrected chi connectivity index (χ1v) is 5.74. The van der Waals surface area contributed by atoms with Crippen molar-refractivity contribution in [1.29, 1.82) is 0 Å². The lowest BCUT2D eigenvalue weighted by Crippen LogP contribution is -2.14. The standard InChI is InChI=1S/C12H22O5/c1-4-14-5-6-15-7-8-16-9-10-17-12(13)11(2)3/h2,4-10H2,1,3H3. The van der Waals surface area contributed by atoms with Crippen LogP contribution in [0.4, 0.5) is 0 Å².